The number of hydrogen-bond donors (Lipinski definition) is 0. The molecule has 0 amide bonds. The highest BCUT2D eigenvalue weighted by Gasteiger charge is 2.16. The van der Waals surface area contributed by atoms with Gasteiger partial charge in [0.15, 0.2) is 9.84 Å². The maximum atomic E-state index is 12.9. The van der Waals surface area contributed by atoms with Crippen molar-refractivity contribution in [1.29, 1.82) is 0 Å². The third-order valence-electron chi connectivity index (χ3n) is 1.29. The number of benzene rings is 1. The van der Waals surface area contributed by atoms with E-state index in [-0.39, 0.29) is 9.37 Å². The largest absolute Gasteiger partial charge is 0.224 e. The van der Waals surface area contributed by atoms with Crippen LogP contribution in [0.25, 0.3) is 0 Å². The molecule has 0 N–H and O–H groups in total. The van der Waals surface area contributed by atoms with Crippen LogP contribution < -0.4 is 0 Å². The van der Waals surface area contributed by atoms with Crippen LogP contribution in [0.3, 0.4) is 0 Å². The van der Waals surface area contributed by atoms with Crippen LogP contribution in [0.2, 0.25) is 0 Å². The van der Waals surface area contributed by atoms with E-state index in [0.29, 0.717) is 0 Å². The molecule has 0 saturated carbocycles. The molecule has 1 aromatic rings. The molecular weight excluding hydrogens is 247 g/mol. The van der Waals surface area contributed by atoms with Gasteiger partial charge in [-0.3, -0.25) is 0 Å². The Morgan fingerprint density at radius 1 is 1.42 bits per heavy atom. The molecule has 0 unspecified atom stereocenters. The van der Waals surface area contributed by atoms with Crippen LogP contribution in [0.4, 0.5) is 4.39 Å². The minimum absolute atomic E-state index is 0.255. The molecule has 0 heterocycles. The Labute approximate surface area is 78.5 Å². The lowest BCUT2D eigenvalue weighted by atomic mass is 10.3. The van der Waals surface area contributed by atoms with Crippen LogP contribution >= 0.6 is 15.9 Å². The first kappa shape index (κ1) is 9.67. The average molecular weight is 253 g/mol. The van der Waals surface area contributed by atoms with Gasteiger partial charge in [-0.05, 0) is 28.1 Å². The Bertz CT molecular complexity index is 380. The van der Waals surface area contributed by atoms with Gasteiger partial charge in [0, 0.05) is 10.7 Å². The van der Waals surface area contributed by atoms with Crippen molar-refractivity contribution >= 4 is 25.8 Å². The van der Waals surface area contributed by atoms with Crippen molar-refractivity contribution in [1.82, 2.24) is 0 Å². The van der Waals surface area contributed by atoms with E-state index in [1.165, 1.54) is 12.1 Å². The normalized spacial score (nSPS) is 11.6. The minimum atomic E-state index is -3.49. The number of halogens is 2. The standard InChI is InChI=1S/C7H6BrFO2S/c1-12(10,11)7-5(8)3-2-4-6(7)9/h2-4H,1H3. The van der Waals surface area contributed by atoms with Gasteiger partial charge in [0.2, 0.25) is 0 Å². The van der Waals surface area contributed by atoms with E-state index in [1.54, 1.807) is 0 Å². The molecule has 66 valence electrons. The molecule has 0 fully saturated rings. The van der Waals surface area contributed by atoms with E-state index in [2.05, 4.69) is 15.9 Å². The monoisotopic (exact) mass is 252 g/mol. The molecule has 0 atom stereocenters. The lowest BCUT2D eigenvalue weighted by Crippen LogP contribution is -2.01. The Kier molecular flexibility index (Phi) is 2.53. The summed E-state index contributed by atoms with van der Waals surface area (Å²) in [6.45, 7) is 0. The second-order valence-corrected chi connectivity index (χ2v) is 5.13. The highest BCUT2D eigenvalue weighted by molar-refractivity contribution is 9.10. The minimum Gasteiger partial charge on any atom is -0.224 e. The predicted octanol–water partition coefficient (Wildman–Crippen LogP) is 1.99. The maximum absolute atomic E-state index is 12.9. The fraction of sp³-hybridized carbons (Fsp3) is 0.143. The van der Waals surface area contributed by atoms with Gasteiger partial charge in [0.05, 0.1) is 0 Å². The maximum Gasteiger partial charge on any atom is 0.179 e. The number of rotatable bonds is 1. The third-order valence-corrected chi connectivity index (χ3v) is 3.37. The van der Waals surface area contributed by atoms with Crippen molar-refractivity contribution in [2.45, 2.75) is 4.90 Å². The number of sulfone groups is 1. The van der Waals surface area contributed by atoms with Gasteiger partial charge in [0.1, 0.15) is 10.7 Å². The first-order chi connectivity index (χ1) is 5.43. The van der Waals surface area contributed by atoms with Crippen LogP contribution in [0.1, 0.15) is 0 Å². The highest BCUT2D eigenvalue weighted by Crippen LogP contribution is 2.23. The van der Waals surface area contributed by atoms with Gasteiger partial charge >= 0.3 is 0 Å². The van der Waals surface area contributed by atoms with Crippen LogP contribution in [-0.2, 0) is 9.84 Å². The topological polar surface area (TPSA) is 34.1 Å². The lowest BCUT2D eigenvalue weighted by molar-refractivity contribution is 0.569. The molecule has 5 heteroatoms. The van der Waals surface area contributed by atoms with Gasteiger partial charge in [-0.15, -0.1) is 0 Å². The smallest absolute Gasteiger partial charge is 0.179 e. The molecule has 1 rings (SSSR count). The third kappa shape index (κ3) is 1.84. The second kappa shape index (κ2) is 3.14. The molecule has 0 aliphatic heterocycles. The molecule has 0 radical (unpaired) electrons. The molecule has 0 bridgehead atoms. The fourth-order valence-corrected chi connectivity index (χ4v) is 2.91. The van der Waals surface area contributed by atoms with Gasteiger partial charge in [0.25, 0.3) is 0 Å². The Balaban J connectivity index is 3.53. The Hall–Kier alpha value is -0.420. The van der Waals surface area contributed by atoms with Gasteiger partial charge in [-0.1, -0.05) is 6.07 Å². The summed E-state index contributed by atoms with van der Waals surface area (Å²) in [4.78, 5) is -0.287. The fourth-order valence-electron chi connectivity index (χ4n) is 0.837. The Morgan fingerprint density at radius 3 is 2.33 bits per heavy atom. The first-order valence-electron chi connectivity index (χ1n) is 3.07. The average Bonchev–Trinajstić information content (AvgIpc) is 1.82. The summed E-state index contributed by atoms with van der Waals surface area (Å²) >= 11 is 2.96. The number of hydrogen-bond acceptors (Lipinski definition) is 2. The molecule has 0 spiro atoms. The summed E-state index contributed by atoms with van der Waals surface area (Å²) in [5.74, 6) is -0.730. The molecule has 12 heavy (non-hydrogen) atoms. The Morgan fingerprint density at radius 2 is 2.00 bits per heavy atom. The molecule has 0 aromatic heterocycles. The molecule has 1 aromatic carbocycles. The van der Waals surface area contributed by atoms with Crippen LogP contribution in [0.15, 0.2) is 27.6 Å². The van der Waals surface area contributed by atoms with Crippen molar-refractivity contribution in [2.75, 3.05) is 6.26 Å². The van der Waals surface area contributed by atoms with Crippen molar-refractivity contribution in [3.63, 3.8) is 0 Å². The van der Waals surface area contributed by atoms with Crippen LogP contribution in [0.5, 0.6) is 0 Å². The van der Waals surface area contributed by atoms with Gasteiger partial charge in [-0.25, -0.2) is 12.8 Å². The summed E-state index contributed by atoms with van der Waals surface area (Å²) < 4.78 is 35.2. The summed E-state index contributed by atoms with van der Waals surface area (Å²) in [6, 6.07) is 4.04. The van der Waals surface area contributed by atoms with E-state index in [0.717, 1.165) is 12.3 Å². The summed E-state index contributed by atoms with van der Waals surface area (Å²) in [7, 11) is -3.49. The van der Waals surface area contributed by atoms with Crippen molar-refractivity contribution in [3.8, 4) is 0 Å². The zero-order valence-electron chi connectivity index (χ0n) is 6.21. The highest BCUT2D eigenvalue weighted by atomic mass is 79.9. The zero-order chi connectivity index (χ0) is 9.35. The van der Waals surface area contributed by atoms with E-state index in [1.807, 2.05) is 0 Å². The van der Waals surface area contributed by atoms with E-state index >= 15 is 0 Å². The summed E-state index contributed by atoms with van der Waals surface area (Å²) in [6.07, 6.45) is 0.968. The lowest BCUT2D eigenvalue weighted by Gasteiger charge is -2.01. The van der Waals surface area contributed by atoms with E-state index in [9.17, 15) is 12.8 Å². The van der Waals surface area contributed by atoms with Crippen LogP contribution in [0, 0.1) is 5.82 Å². The van der Waals surface area contributed by atoms with Crippen molar-refractivity contribution in [2.24, 2.45) is 0 Å². The molecule has 0 aliphatic rings. The molecule has 0 aliphatic carbocycles. The summed E-state index contributed by atoms with van der Waals surface area (Å²) in [5.41, 5.74) is 0. The second-order valence-electron chi connectivity index (χ2n) is 2.32. The molecular formula is C7H6BrFO2S. The van der Waals surface area contributed by atoms with E-state index < -0.39 is 15.7 Å². The zero-order valence-corrected chi connectivity index (χ0v) is 8.62. The summed E-state index contributed by atoms with van der Waals surface area (Å²) in [5, 5.41) is 0. The van der Waals surface area contributed by atoms with Crippen LogP contribution in [-0.4, -0.2) is 14.7 Å². The molecule has 0 saturated heterocycles. The van der Waals surface area contributed by atoms with Crippen molar-refractivity contribution < 1.29 is 12.8 Å². The quantitative estimate of drug-likeness (QED) is 0.767. The predicted molar refractivity (Wildman–Crippen MR) is 47.2 cm³/mol. The van der Waals surface area contributed by atoms with Gasteiger partial charge in [-0.2, -0.15) is 0 Å². The SMILES string of the molecule is CS(=O)(=O)c1c(F)cccc1Br. The first-order valence-corrected chi connectivity index (χ1v) is 5.75. The van der Waals surface area contributed by atoms with Crippen molar-refractivity contribution in [3.05, 3.63) is 28.5 Å². The van der Waals surface area contributed by atoms with Gasteiger partial charge < -0.3 is 0 Å². The van der Waals surface area contributed by atoms with E-state index in [4.69, 9.17) is 0 Å². The molecule has 2 nitrogen and oxygen atoms in total.